The van der Waals surface area contributed by atoms with Gasteiger partial charge in [0, 0.05) is 24.8 Å². The highest BCUT2D eigenvalue weighted by molar-refractivity contribution is 5.59. The SMILES string of the molecule is OC1CCN(c2ccnc(-c3ccc(F)c(C(F)(F)F)c3)n2)C1. The lowest BCUT2D eigenvalue weighted by Gasteiger charge is -2.17. The van der Waals surface area contributed by atoms with Crippen LogP contribution in [0.2, 0.25) is 0 Å². The van der Waals surface area contributed by atoms with Crippen molar-refractivity contribution in [3.05, 3.63) is 41.8 Å². The van der Waals surface area contributed by atoms with Crippen molar-refractivity contribution < 1.29 is 22.7 Å². The first-order valence-corrected chi connectivity index (χ1v) is 6.98. The maximum absolute atomic E-state index is 13.4. The maximum Gasteiger partial charge on any atom is 0.419 e. The molecule has 0 bridgehead atoms. The summed E-state index contributed by atoms with van der Waals surface area (Å²) in [4.78, 5) is 10.0. The van der Waals surface area contributed by atoms with Gasteiger partial charge in [0.15, 0.2) is 5.82 Å². The predicted molar refractivity (Wildman–Crippen MR) is 75.3 cm³/mol. The number of hydrogen-bond donors (Lipinski definition) is 1. The van der Waals surface area contributed by atoms with Crippen LogP contribution in [-0.2, 0) is 6.18 Å². The maximum atomic E-state index is 13.4. The number of benzene rings is 1. The van der Waals surface area contributed by atoms with Gasteiger partial charge < -0.3 is 10.0 Å². The number of β-amino-alcohol motifs (C(OH)–C–C–N with tert-alkyl or cyclic N) is 1. The number of aromatic nitrogens is 2. The van der Waals surface area contributed by atoms with Gasteiger partial charge in [-0.15, -0.1) is 0 Å². The lowest BCUT2D eigenvalue weighted by atomic mass is 10.1. The first-order valence-electron chi connectivity index (χ1n) is 6.98. The van der Waals surface area contributed by atoms with Crippen LogP contribution >= 0.6 is 0 Å². The van der Waals surface area contributed by atoms with E-state index in [1.807, 2.05) is 4.90 Å². The molecule has 2 heterocycles. The van der Waals surface area contributed by atoms with E-state index in [0.29, 0.717) is 31.4 Å². The molecule has 1 unspecified atom stereocenters. The van der Waals surface area contributed by atoms with Crippen molar-refractivity contribution in [2.45, 2.75) is 18.7 Å². The summed E-state index contributed by atoms with van der Waals surface area (Å²) in [6.07, 6.45) is -3.19. The third kappa shape index (κ3) is 3.26. The van der Waals surface area contributed by atoms with E-state index in [2.05, 4.69) is 9.97 Å². The second kappa shape index (κ2) is 5.77. The molecule has 1 aromatic heterocycles. The van der Waals surface area contributed by atoms with E-state index in [9.17, 15) is 22.7 Å². The summed E-state index contributed by atoms with van der Waals surface area (Å²) >= 11 is 0. The van der Waals surface area contributed by atoms with Crippen LogP contribution in [0.5, 0.6) is 0 Å². The van der Waals surface area contributed by atoms with Crippen LogP contribution in [0.4, 0.5) is 23.4 Å². The van der Waals surface area contributed by atoms with E-state index < -0.39 is 23.7 Å². The van der Waals surface area contributed by atoms with Crippen LogP contribution in [0.15, 0.2) is 30.5 Å². The Morgan fingerprint density at radius 3 is 2.65 bits per heavy atom. The van der Waals surface area contributed by atoms with Gasteiger partial charge in [-0.05, 0) is 30.7 Å². The molecule has 122 valence electrons. The largest absolute Gasteiger partial charge is 0.419 e. The molecule has 23 heavy (non-hydrogen) atoms. The van der Waals surface area contributed by atoms with Crippen LogP contribution in [0.1, 0.15) is 12.0 Å². The Balaban J connectivity index is 1.96. The number of aliphatic hydroxyl groups excluding tert-OH is 1. The molecule has 0 spiro atoms. The summed E-state index contributed by atoms with van der Waals surface area (Å²) in [6.45, 7) is 1.02. The Kier molecular flexibility index (Phi) is 3.93. The summed E-state index contributed by atoms with van der Waals surface area (Å²) in [5, 5.41) is 9.55. The molecule has 1 saturated heterocycles. The molecule has 8 heteroatoms. The number of rotatable bonds is 2. The Morgan fingerprint density at radius 1 is 1.22 bits per heavy atom. The zero-order chi connectivity index (χ0) is 16.6. The standard InChI is InChI=1S/C15H13F4N3O/c16-12-2-1-9(7-11(12)15(17,18)19)14-20-5-3-13(21-14)22-6-4-10(23)8-22/h1-3,5,7,10,23H,4,6,8H2. The number of anilines is 1. The topological polar surface area (TPSA) is 49.2 Å². The van der Waals surface area contributed by atoms with Crippen LogP contribution in [0.3, 0.4) is 0 Å². The van der Waals surface area contributed by atoms with Gasteiger partial charge in [-0.1, -0.05) is 0 Å². The van der Waals surface area contributed by atoms with Crippen LogP contribution < -0.4 is 4.90 Å². The van der Waals surface area contributed by atoms with Crippen LogP contribution in [0, 0.1) is 5.82 Å². The molecule has 4 nitrogen and oxygen atoms in total. The average molecular weight is 327 g/mol. The minimum absolute atomic E-state index is 0.0781. The minimum Gasteiger partial charge on any atom is -0.391 e. The van der Waals surface area contributed by atoms with Gasteiger partial charge in [0.25, 0.3) is 0 Å². The first kappa shape index (κ1) is 15.7. The van der Waals surface area contributed by atoms with Gasteiger partial charge in [-0.3, -0.25) is 0 Å². The molecule has 1 aliphatic rings. The zero-order valence-electron chi connectivity index (χ0n) is 11.9. The van der Waals surface area contributed by atoms with Gasteiger partial charge in [0.05, 0.1) is 11.7 Å². The Bertz CT molecular complexity index is 720. The van der Waals surface area contributed by atoms with Crippen molar-refractivity contribution >= 4 is 5.82 Å². The third-order valence-electron chi connectivity index (χ3n) is 3.66. The highest BCUT2D eigenvalue weighted by atomic mass is 19.4. The summed E-state index contributed by atoms with van der Waals surface area (Å²) in [6, 6.07) is 4.29. The van der Waals surface area contributed by atoms with E-state index >= 15 is 0 Å². The first-order chi connectivity index (χ1) is 10.8. The van der Waals surface area contributed by atoms with Gasteiger partial charge >= 0.3 is 6.18 Å². The Morgan fingerprint density at radius 2 is 2.00 bits per heavy atom. The van der Waals surface area contributed by atoms with Crippen molar-refractivity contribution in [1.82, 2.24) is 9.97 Å². The molecule has 3 rings (SSSR count). The molecule has 0 radical (unpaired) electrons. The Hall–Kier alpha value is -2.22. The summed E-state index contributed by atoms with van der Waals surface area (Å²) < 4.78 is 51.7. The number of hydrogen-bond acceptors (Lipinski definition) is 4. The van der Waals surface area contributed by atoms with E-state index in [-0.39, 0.29) is 11.4 Å². The molecule has 0 saturated carbocycles. The molecule has 1 aliphatic heterocycles. The van der Waals surface area contributed by atoms with Crippen molar-refractivity contribution in [2.24, 2.45) is 0 Å². The van der Waals surface area contributed by atoms with Gasteiger partial charge in [0.2, 0.25) is 0 Å². The second-order valence-corrected chi connectivity index (χ2v) is 5.32. The summed E-state index contributed by atoms with van der Waals surface area (Å²) in [5.41, 5.74) is -1.26. The molecule has 1 aromatic carbocycles. The van der Waals surface area contributed by atoms with Crippen LogP contribution in [0.25, 0.3) is 11.4 Å². The number of alkyl halides is 3. The summed E-state index contributed by atoms with van der Waals surface area (Å²) in [5.74, 6) is -0.737. The molecule has 0 amide bonds. The molecule has 1 N–H and O–H groups in total. The van der Waals surface area contributed by atoms with E-state index in [1.165, 1.54) is 12.3 Å². The van der Waals surface area contributed by atoms with Crippen molar-refractivity contribution in [3.8, 4) is 11.4 Å². The van der Waals surface area contributed by atoms with Crippen molar-refractivity contribution in [1.29, 1.82) is 0 Å². The quantitative estimate of drug-likeness (QED) is 0.862. The molecular weight excluding hydrogens is 314 g/mol. The molecule has 2 aromatic rings. The zero-order valence-corrected chi connectivity index (χ0v) is 11.9. The van der Waals surface area contributed by atoms with E-state index in [0.717, 1.165) is 6.07 Å². The molecular formula is C15H13F4N3O. The fraction of sp³-hybridized carbons (Fsp3) is 0.333. The van der Waals surface area contributed by atoms with Gasteiger partial charge in [-0.2, -0.15) is 13.2 Å². The van der Waals surface area contributed by atoms with E-state index in [1.54, 1.807) is 6.07 Å². The van der Waals surface area contributed by atoms with Crippen molar-refractivity contribution in [3.63, 3.8) is 0 Å². The third-order valence-corrected chi connectivity index (χ3v) is 3.66. The number of aliphatic hydroxyl groups is 1. The highest BCUT2D eigenvalue weighted by Gasteiger charge is 2.34. The smallest absolute Gasteiger partial charge is 0.391 e. The number of halogens is 4. The molecule has 1 atom stereocenters. The van der Waals surface area contributed by atoms with Gasteiger partial charge in [-0.25, -0.2) is 14.4 Å². The fourth-order valence-corrected chi connectivity index (χ4v) is 2.50. The normalized spacial score (nSPS) is 18.5. The fourth-order valence-electron chi connectivity index (χ4n) is 2.50. The van der Waals surface area contributed by atoms with E-state index in [4.69, 9.17) is 0 Å². The molecule has 0 aliphatic carbocycles. The summed E-state index contributed by atoms with van der Waals surface area (Å²) in [7, 11) is 0. The van der Waals surface area contributed by atoms with Crippen molar-refractivity contribution in [2.75, 3.05) is 18.0 Å². The highest BCUT2D eigenvalue weighted by Crippen LogP contribution is 2.33. The van der Waals surface area contributed by atoms with Crippen LogP contribution in [-0.4, -0.2) is 34.3 Å². The predicted octanol–water partition coefficient (Wildman–Crippen LogP) is 2.87. The Labute approximate surface area is 129 Å². The number of nitrogens with zero attached hydrogens (tertiary/aromatic N) is 3. The molecule has 1 fully saturated rings. The lowest BCUT2D eigenvalue weighted by Crippen LogP contribution is -2.22. The monoisotopic (exact) mass is 327 g/mol. The average Bonchev–Trinajstić information content (AvgIpc) is 2.93. The minimum atomic E-state index is -4.78. The second-order valence-electron chi connectivity index (χ2n) is 5.32. The van der Waals surface area contributed by atoms with Gasteiger partial charge in [0.1, 0.15) is 11.6 Å². The lowest BCUT2D eigenvalue weighted by molar-refractivity contribution is -0.139.